The first-order chi connectivity index (χ1) is 14.7. The molecular weight excluding hydrogens is 394 g/mol. The van der Waals surface area contributed by atoms with Crippen LogP contribution >= 0.6 is 11.6 Å². The van der Waals surface area contributed by atoms with Crippen LogP contribution in [0.15, 0.2) is 94.1 Å². The van der Waals surface area contributed by atoms with Crippen LogP contribution in [0, 0.1) is 0 Å². The van der Waals surface area contributed by atoms with Crippen molar-refractivity contribution in [2.45, 2.75) is 5.92 Å². The largest absolute Gasteiger partial charge is 0.422 e. The van der Waals surface area contributed by atoms with Gasteiger partial charge in [-0.2, -0.15) is 0 Å². The van der Waals surface area contributed by atoms with Gasteiger partial charge in [-0.3, -0.25) is 0 Å². The number of nitrogens with one attached hydrogen (secondary N) is 1. The van der Waals surface area contributed by atoms with Crippen LogP contribution in [0.3, 0.4) is 0 Å². The normalized spacial score (nSPS) is 14.9. The maximum Gasteiger partial charge on any atom is 0.342 e. The lowest BCUT2D eigenvalue weighted by Gasteiger charge is -2.30. The van der Waals surface area contributed by atoms with Gasteiger partial charge in [0.1, 0.15) is 5.58 Å². The molecule has 6 rings (SSSR count). The highest BCUT2D eigenvalue weighted by atomic mass is 35.5. The van der Waals surface area contributed by atoms with E-state index in [0.717, 1.165) is 38.7 Å². The topological polar surface area (TPSA) is 42.2 Å². The summed E-state index contributed by atoms with van der Waals surface area (Å²) in [6.45, 7) is 0. The third-order valence-electron chi connectivity index (χ3n) is 5.86. The lowest BCUT2D eigenvalue weighted by molar-refractivity contribution is 0.549. The second kappa shape index (κ2) is 6.48. The van der Waals surface area contributed by atoms with Gasteiger partial charge in [-0.15, -0.1) is 0 Å². The molecule has 3 nitrogen and oxygen atoms in total. The molecule has 1 atom stereocenters. The summed E-state index contributed by atoms with van der Waals surface area (Å²) in [4.78, 5) is 13.2. The van der Waals surface area contributed by atoms with Gasteiger partial charge in [-0.1, -0.05) is 66.2 Å². The first-order valence-electron chi connectivity index (χ1n) is 9.80. The van der Waals surface area contributed by atoms with Crippen molar-refractivity contribution in [2.75, 3.05) is 5.32 Å². The molecule has 1 aromatic heterocycles. The van der Waals surface area contributed by atoms with E-state index in [1.54, 1.807) is 0 Å². The molecule has 5 aromatic rings. The van der Waals surface area contributed by atoms with Crippen molar-refractivity contribution in [3.63, 3.8) is 0 Å². The van der Waals surface area contributed by atoms with Gasteiger partial charge < -0.3 is 9.73 Å². The molecule has 0 aliphatic carbocycles. The van der Waals surface area contributed by atoms with Gasteiger partial charge in [-0.05, 0) is 52.2 Å². The number of para-hydroxylation sites is 1. The highest BCUT2D eigenvalue weighted by Crippen LogP contribution is 2.48. The molecule has 4 heteroatoms. The maximum atomic E-state index is 13.2. The Bertz CT molecular complexity index is 1500. The molecule has 0 saturated heterocycles. The fourth-order valence-electron chi connectivity index (χ4n) is 4.54. The minimum absolute atomic E-state index is 0.263. The summed E-state index contributed by atoms with van der Waals surface area (Å²) < 4.78 is 5.74. The van der Waals surface area contributed by atoms with E-state index < -0.39 is 0 Å². The summed E-state index contributed by atoms with van der Waals surface area (Å²) >= 11 is 6.16. The van der Waals surface area contributed by atoms with Crippen LogP contribution in [0.4, 0.5) is 11.4 Å². The molecule has 4 aromatic carbocycles. The molecule has 1 aliphatic rings. The van der Waals surface area contributed by atoms with E-state index in [9.17, 15) is 4.79 Å². The molecule has 1 aliphatic heterocycles. The summed E-state index contributed by atoms with van der Waals surface area (Å²) in [7, 11) is 0. The number of benzene rings is 4. The third kappa shape index (κ3) is 2.49. The van der Waals surface area contributed by atoms with Gasteiger partial charge in [-0.25, -0.2) is 4.79 Å². The first-order valence-corrected chi connectivity index (χ1v) is 10.2. The van der Waals surface area contributed by atoms with Gasteiger partial charge in [0.2, 0.25) is 0 Å². The minimum atomic E-state index is -0.324. The average Bonchev–Trinajstić information content (AvgIpc) is 2.78. The standard InChI is InChI=1S/C26H16ClNO2/c27-17-12-9-16(10-13-17)22-23-18-6-2-1-5-15(18)11-14-20(23)28-25-19-7-3-4-8-21(19)30-26(29)24(22)25/h1-14,22,28H/t22-/m1/s1. The molecule has 30 heavy (non-hydrogen) atoms. The Balaban J connectivity index is 1.76. The molecule has 0 radical (unpaired) electrons. The molecule has 0 fully saturated rings. The molecular formula is C26H16ClNO2. The summed E-state index contributed by atoms with van der Waals surface area (Å²) in [5.74, 6) is -0.263. The predicted molar refractivity (Wildman–Crippen MR) is 122 cm³/mol. The van der Waals surface area contributed by atoms with Gasteiger partial charge in [0, 0.05) is 22.0 Å². The molecule has 0 spiro atoms. The van der Waals surface area contributed by atoms with Crippen molar-refractivity contribution < 1.29 is 4.42 Å². The van der Waals surface area contributed by atoms with Gasteiger partial charge in [0.25, 0.3) is 0 Å². The van der Waals surface area contributed by atoms with Crippen LogP contribution in [0.25, 0.3) is 21.7 Å². The number of halogens is 1. The van der Waals surface area contributed by atoms with E-state index in [2.05, 4.69) is 29.6 Å². The summed E-state index contributed by atoms with van der Waals surface area (Å²) in [5, 5.41) is 7.34. The van der Waals surface area contributed by atoms with Crippen LogP contribution in [0.1, 0.15) is 22.6 Å². The fourth-order valence-corrected chi connectivity index (χ4v) is 4.67. The Morgan fingerprint density at radius 3 is 2.33 bits per heavy atom. The van der Waals surface area contributed by atoms with Gasteiger partial charge in [0.05, 0.1) is 11.3 Å². The van der Waals surface area contributed by atoms with Crippen molar-refractivity contribution in [1.82, 2.24) is 0 Å². The Kier molecular flexibility index (Phi) is 3.74. The number of hydrogen-bond donors (Lipinski definition) is 1. The number of hydrogen-bond acceptors (Lipinski definition) is 3. The van der Waals surface area contributed by atoms with Crippen molar-refractivity contribution in [2.24, 2.45) is 0 Å². The summed E-state index contributed by atoms with van der Waals surface area (Å²) in [5.41, 5.74) is 4.76. The van der Waals surface area contributed by atoms with E-state index in [0.29, 0.717) is 16.2 Å². The average molecular weight is 410 g/mol. The summed E-state index contributed by atoms with van der Waals surface area (Å²) in [6, 6.07) is 27.8. The zero-order valence-corrected chi connectivity index (χ0v) is 16.6. The van der Waals surface area contributed by atoms with E-state index in [4.69, 9.17) is 16.0 Å². The van der Waals surface area contributed by atoms with Crippen molar-refractivity contribution >= 4 is 44.7 Å². The molecule has 1 N–H and O–H groups in total. The van der Waals surface area contributed by atoms with E-state index >= 15 is 0 Å². The Labute approximate surface area is 177 Å². The van der Waals surface area contributed by atoms with Crippen molar-refractivity contribution in [1.29, 1.82) is 0 Å². The predicted octanol–water partition coefficient (Wildman–Crippen LogP) is 6.84. The van der Waals surface area contributed by atoms with Gasteiger partial charge in [0.15, 0.2) is 0 Å². The monoisotopic (exact) mass is 409 g/mol. The Morgan fingerprint density at radius 2 is 1.50 bits per heavy atom. The molecule has 144 valence electrons. The lowest BCUT2D eigenvalue weighted by atomic mass is 9.79. The SMILES string of the molecule is O=c1oc2ccccc2c2c1[C@H](c1ccc(Cl)cc1)c1c(ccc3ccccc13)N2. The Hall–Kier alpha value is -3.56. The number of fused-ring (bicyclic) bond motifs is 6. The second-order valence-electron chi connectivity index (χ2n) is 7.53. The molecule has 0 unspecified atom stereocenters. The van der Waals surface area contributed by atoms with Crippen LogP contribution in [0.5, 0.6) is 0 Å². The molecule has 0 amide bonds. The second-order valence-corrected chi connectivity index (χ2v) is 7.97. The number of rotatable bonds is 1. The zero-order valence-electron chi connectivity index (χ0n) is 15.9. The first kappa shape index (κ1) is 17.3. The molecule has 0 saturated carbocycles. The minimum Gasteiger partial charge on any atom is -0.422 e. The molecule has 0 bridgehead atoms. The van der Waals surface area contributed by atoms with E-state index in [1.165, 1.54) is 0 Å². The smallest absolute Gasteiger partial charge is 0.342 e. The summed E-state index contributed by atoms with van der Waals surface area (Å²) in [6.07, 6.45) is 0. The molecule has 2 heterocycles. The van der Waals surface area contributed by atoms with Crippen LogP contribution in [-0.4, -0.2) is 0 Å². The van der Waals surface area contributed by atoms with Crippen LogP contribution < -0.4 is 10.9 Å². The van der Waals surface area contributed by atoms with E-state index in [1.807, 2.05) is 60.7 Å². The van der Waals surface area contributed by atoms with Crippen LogP contribution in [0.2, 0.25) is 5.02 Å². The quantitative estimate of drug-likeness (QED) is 0.302. The zero-order chi connectivity index (χ0) is 20.2. The fraction of sp³-hybridized carbons (Fsp3) is 0.0385. The van der Waals surface area contributed by atoms with Crippen molar-refractivity contribution in [3.8, 4) is 0 Å². The third-order valence-corrected chi connectivity index (χ3v) is 6.11. The number of anilines is 2. The Morgan fingerprint density at radius 1 is 0.767 bits per heavy atom. The highest BCUT2D eigenvalue weighted by molar-refractivity contribution is 6.30. The lowest BCUT2D eigenvalue weighted by Crippen LogP contribution is -2.22. The van der Waals surface area contributed by atoms with Gasteiger partial charge >= 0.3 is 5.63 Å². The van der Waals surface area contributed by atoms with E-state index in [-0.39, 0.29) is 11.5 Å². The van der Waals surface area contributed by atoms with Crippen molar-refractivity contribution in [3.05, 3.63) is 117 Å². The van der Waals surface area contributed by atoms with Crippen LogP contribution in [-0.2, 0) is 0 Å². The maximum absolute atomic E-state index is 13.2. The highest BCUT2D eigenvalue weighted by Gasteiger charge is 2.33.